The fourth-order valence-electron chi connectivity index (χ4n) is 0.654. The van der Waals surface area contributed by atoms with E-state index in [1.807, 2.05) is 0 Å². The fourth-order valence-corrected chi connectivity index (χ4v) is 0.654. The lowest BCUT2D eigenvalue weighted by Crippen LogP contribution is -2.56. The minimum absolute atomic E-state index is 0.545. The van der Waals surface area contributed by atoms with Gasteiger partial charge in [0.05, 0.1) is 19.8 Å². The van der Waals surface area contributed by atoms with Gasteiger partial charge in [-0.05, 0) is 12.8 Å². The van der Waals surface area contributed by atoms with Crippen LogP contribution in [0.3, 0.4) is 0 Å². The summed E-state index contributed by atoms with van der Waals surface area (Å²) in [6, 6.07) is 0. The molecule has 0 atom stereocenters. The number of hydrogen-bond donors (Lipinski definition) is 4. The normalized spacial score (nSPS) is 10.2. The molecule has 1 amide bonds. The molecule has 4 N–H and O–H groups in total. The van der Waals surface area contributed by atoms with Crippen LogP contribution in [0.25, 0.3) is 0 Å². The summed E-state index contributed by atoms with van der Waals surface area (Å²) in [5, 5.41) is 28.7. The highest BCUT2D eigenvalue weighted by atomic mass is 16.3. The number of hydrogen-bond acceptors (Lipinski definition) is 4. The SMILES string of the molecule is CC#CC(=O)NC(CO)(CO)CO. The van der Waals surface area contributed by atoms with E-state index in [1.54, 1.807) is 0 Å². The van der Waals surface area contributed by atoms with Crippen LogP contribution in [0.5, 0.6) is 0 Å². The van der Waals surface area contributed by atoms with Gasteiger partial charge < -0.3 is 20.6 Å². The molecule has 0 aliphatic rings. The van der Waals surface area contributed by atoms with Gasteiger partial charge in [0.25, 0.3) is 5.91 Å². The second-order valence-corrected chi connectivity index (χ2v) is 2.58. The van der Waals surface area contributed by atoms with Crippen LogP contribution in [0.2, 0.25) is 0 Å². The highest BCUT2D eigenvalue weighted by Gasteiger charge is 2.29. The Morgan fingerprint density at radius 1 is 1.31 bits per heavy atom. The number of aliphatic hydroxyl groups excluding tert-OH is 3. The van der Waals surface area contributed by atoms with E-state index in [0.717, 1.165) is 0 Å². The first-order chi connectivity index (χ1) is 6.14. The summed E-state index contributed by atoms with van der Waals surface area (Å²) in [5.74, 6) is 3.89. The van der Waals surface area contributed by atoms with E-state index in [9.17, 15) is 4.79 Å². The van der Waals surface area contributed by atoms with E-state index in [4.69, 9.17) is 15.3 Å². The zero-order chi connectivity index (χ0) is 10.3. The lowest BCUT2D eigenvalue weighted by molar-refractivity contribution is -0.119. The third-order valence-electron chi connectivity index (χ3n) is 1.53. The van der Waals surface area contributed by atoms with Crippen LogP contribution < -0.4 is 5.32 Å². The zero-order valence-electron chi connectivity index (χ0n) is 7.37. The van der Waals surface area contributed by atoms with Gasteiger partial charge in [-0.15, -0.1) is 0 Å². The Balaban J connectivity index is 4.38. The molecule has 0 saturated heterocycles. The Bertz CT molecular complexity index is 216. The van der Waals surface area contributed by atoms with Crippen LogP contribution in [0.4, 0.5) is 0 Å². The van der Waals surface area contributed by atoms with E-state index in [0.29, 0.717) is 0 Å². The maximum Gasteiger partial charge on any atom is 0.296 e. The van der Waals surface area contributed by atoms with Crippen molar-refractivity contribution >= 4 is 5.91 Å². The van der Waals surface area contributed by atoms with Crippen LogP contribution in [0, 0.1) is 11.8 Å². The molecule has 0 radical (unpaired) electrons. The molecule has 0 spiro atoms. The second-order valence-electron chi connectivity index (χ2n) is 2.58. The van der Waals surface area contributed by atoms with Crippen LogP contribution in [0.1, 0.15) is 6.92 Å². The summed E-state index contributed by atoms with van der Waals surface area (Å²) in [6.45, 7) is -0.149. The van der Waals surface area contributed by atoms with Gasteiger partial charge in [0.2, 0.25) is 0 Å². The van der Waals surface area contributed by atoms with Gasteiger partial charge in [-0.3, -0.25) is 4.79 Å². The molecule has 5 nitrogen and oxygen atoms in total. The van der Waals surface area contributed by atoms with Crippen molar-refractivity contribution in [3.8, 4) is 11.8 Å². The Kier molecular flexibility index (Phi) is 5.07. The number of carbonyl (C=O) groups is 1. The molecule has 0 rings (SSSR count). The summed E-state index contributed by atoms with van der Waals surface area (Å²) in [6.07, 6.45) is 0. The van der Waals surface area contributed by atoms with E-state index in [2.05, 4.69) is 17.2 Å². The molecule has 13 heavy (non-hydrogen) atoms. The molecule has 0 aromatic heterocycles. The van der Waals surface area contributed by atoms with Gasteiger partial charge in [0, 0.05) is 0 Å². The largest absolute Gasteiger partial charge is 0.394 e. The first-order valence-electron chi connectivity index (χ1n) is 3.71. The van der Waals surface area contributed by atoms with Crippen molar-refractivity contribution in [2.24, 2.45) is 0 Å². The first-order valence-corrected chi connectivity index (χ1v) is 3.71. The number of carbonyl (C=O) groups excluding carboxylic acids is 1. The number of rotatable bonds is 4. The van der Waals surface area contributed by atoms with Crippen molar-refractivity contribution in [2.75, 3.05) is 19.8 Å². The average Bonchev–Trinajstić information content (AvgIpc) is 2.15. The Hall–Kier alpha value is -1.09. The second kappa shape index (κ2) is 5.54. The lowest BCUT2D eigenvalue weighted by Gasteiger charge is -2.27. The predicted molar refractivity (Wildman–Crippen MR) is 45.6 cm³/mol. The molecule has 0 saturated carbocycles. The van der Waals surface area contributed by atoms with Gasteiger partial charge in [-0.1, -0.05) is 5.92 Å². The third-order valence-corrected chi connectivity index (χ3v) is 1.53. The maximum absolute atomic E-state index is 10.9. The minimum atomic E-state index is -1.39. The van der Waals surface area contributed by atoms with E-state index >= 15 is 0 Å². The van der Waals surface area contributed by atoms with Gasteiger partial charge in [0.15, 0.2) is 0 Å². The zero-order valence-corrected chi connectivity index (χ0v) is 7.37. The maximum atomic E-state index is 10.9. The molecule has 0 aromatic carbocycles. The minimum Gasteiger partial charge on any atom is -0.394 e. The summed E-state index contributed by atoms with van der Waals surface area (Å²) in [4.78, 5) is 10.9. The van der Waals surface area contributed by atoms with E-state index in [-0.39, 0.29) is 0 Å². The van der Waals surface area contributed by atoms with Crippen molar-refractivity contribution in [3.05, 3.63) is 0 Å². The van der Waals surface area contributed by atoms with Crippen LogP contribution in [-0.4, -0.2) is 46.6 Å². The van der Waals surface area contributed by atoms with Crippen molar-refractivity contribution in [2.45, 2.75) is 12.5 Å². The third kappa shape index (κ3) is 3.42. The fraction of sp³-hybridized carbons (Fsp3) is 0.625. The molecule has 0 aliphatic carbocycles. The number of amides is 1. The number of nitrogens with one attached hydrogen (secondary N) is 1. The van der Waals surface area contributed by atoms with Crippen molar-refractivity contribution in [3.63, 3.8) is 0 Å². The Morgan fingerprint density at radius 2 is 1.77 bits per heavy atom. The number of aliphatic hydroxyl groups is 3. The topological polar surface area (TPSA) is 89.8 Å². The molecule has 74 valence electrons. The van der Waals surface area contributed by atoms with E-state index < -0.39 is 31.3 Å². The molecular formula is C8H13NO4. The van der Waals surface area contributed by atoms with Gasteiger partial charge in [0.1, 0.15) is 5.54 Å². The summed E-state index contributed by atoms with van der Waals surface area (Å²) in [5.41, 5.74) is -1.39. The standard InChI is InChI=1S/C8H13NO4/c1-2-3-7(13)9-8(4-10,5-11)6-12/h10-12H,4-6H2,1H3,(H,9,13). The van der Waals surface area contributed by atoms with Crippen LogP contribution in [0.15, 0.2) is 0 Å². The predicted octanol–water partition coefficient (Wildman–Crippen LogP) is -2.16. The quantitative estimate of drug-likeness (QED) is 0.377. The molecule has 0 bridgehead atoms. The summed E-state index contributed by atoms with van der Waals surface area (Å²) < 4.78 is 0. The van der Waals surface area contributed by atoms with Crippen molar-refractivity contribution < 1.29 is 20.1 Å². The summed E-state index contributed by atoms with van der Waals surface area (Å²) in [7, 11) is 0. The molecule has 0 fully saturated rings. The van der Waals surface area contributed by atoms with Crippen molar-refractivity contribution in [1.82, 2.24) is 5.32 Å². The smallest absolute Gasteiger partial charge is 0.296 e. The molecule has 5 heteroatoms. The lowest BCUT2D eigenvalue weighted by atomic mass is 10.0. The van der Waals surface area contributed by atoms with Crippen LogP contribution in [-0.2, 0) is 4.79 Å². The van der Waals surface area contributed by atoms with Crippen LogP contribution >= 0.6 is 0 Å². The van der Waals surface area contributed by atoms with Gasteiger partial charge in [-0.25, -0.2) is 0 Å². The van der Waals surface area contributed by atoms with Crippen molar-refractivity contribution in [1.29, 1.82) is 0 Å². The Morgan fingerprint density at radius 3 is 2.08 bits per heavy atom. The Labute approximate surface area is 76.4 Å². The first kappa shape index (κ1) is 11.9. The molecule has 0 heterocycles. The molecule has 0 aliphatic heterocycles. The van der Waals surface area contributed by atoms with Gasteiger partial charge >= 0.3 is 0 Å². The molecule has 0 unspecified atom stereocenters. The van der Waals surface area contributed by atoms with E-state index in [1.165, 1.54) is 6.92 Å². The molecular weight excluding hydrogens is 174 g/mol. The molecule has 0 aromatic rings. The monoisotopic (exact) mass is 187 g/mol. The average molecular weight is 187 g/mol. The highest BCUT2D eigenvalue weighted by Crippen LogP contribution is 2.00. The summed E-state index contributed by atoms with van der Waals surface area (Å²) >= 11 is 0. The van der Waals surface area contributed by atoms with Gasteiger partial charge in [-0.2, -0.15) is 0 Å². The highest BCUT2D eigenvalue weighted by molar-refractivity contribution is 5.93.